The first-order valence-corrected chi connectivity index (χ1v) is 9.24. The summed E-state index contributed by atoms with van der Waals surface area (Å²) in [5.74, 6) is -0.276. The van der Waals surface area contributed by atoms with E-state index in [4.69, 9.17) is 0 Å². The summed E-state index contributed by atoms with van der Waals surface area (Å²) in [5, 5.41) is 12.7. The van der Waals surface area contributed by atoms with Crippen LogP contribution in [0.3, 0.4) is 0 Å². The number of hydrogen-bond acceptors (Lipinski definition) is 5. The zero-order chi connectivity index (χ0) is 20.4. The maximum Gasteiger partial charge on any atom is 0.275 e. The number of rotatable bonds is 5. The van der Waals surface area contributed by atoms with Crippen LogP contribution in [0.15, 0.2) is 66.0 Å². The van der Waals surface area contributed by atoms with Crippen LogP contribution in [0.4, 0.5) is 0 Å². The van der Waals surface area contributed by atoms with E-state index in [0.717, 1.165) is 16.6 Å². The molecule has 0 bridgehead atoms. The second-order valence-corrected chi connectivity index (χ2v) is 6.81. The fraction of sp³-hybridized carbons (Fsp3) is 0.190. The largest absolute Gasteiger partial charge is 0.348 e. The highest BCUT2D eigenvalue weighted by Crippen LogP contribution is 2.15. The molecule has 1 atom stereocenters. The van der Waals surface area contributed by atoms with Crippen LogP contribution in [-0.2, 0) is 11.3 Å². The molecule has 0 aliphatic carbocycles. The van der Waals surface area contributed by atoms with Crippen molar-refractivity contribution in [3.63, 3.8) is 0 Å². The van der Waals surface area contributed by atoms with E-state index in [0.29, 0.717) is 11.1 Å². The fourth-order valence-corrected chi connectivity index (χ4v) is 3.28. The minimum absolute atomic E-state index is 0.133. The quantitative estimate of drug-likeness (QED) is 0.565. The molecule has 0 fully saturated rings. The van der Waals surface area contributed by atoms with Gasteiger partial charge in [-0.2, -0.15) is 10.2 Å². The van der Waals surface area contributed by atoms with Gasteiger partial charge in [0.05, 0.1) is 22.8 Å². The second-order valence-electron chi connectivity index (χ2n) is 6.81. The monoisotopic (exact) mass is 388 g/mol. The number of hydrogen-bond donors (Lipinski definition) is 1. The average molecular weight is 388 g/mol. The van der Waals surface area contributed by atoms with E-state index < -0.39 is 0 Å². The van der Waals surface area contributed by atoms with Gasteiger partial charge in [-0.15, -0.1) is 0 Å². The van der Waals surface area contributed by atoms with E-state index in [1.165, 1.54) is 11.0 Å². The predicted molar refractivity (Wildman–Crippen MR) is 109 cm³/mol. The van der Waals surface area contributed by atoms with Crippen molar-refractivity contribution < 1.29 is 4.79 Å². The van der Waals surface area contributed by atoms with Crippen LogP contribution in [0, 0.1) is 6.92 Å². The molecule has 1 amide bonds. The third-order valence-corrected chi connectivity index (χ3v) is 4.80. The van der Waals surface area contributed by atoms with Crippen LogP contribution >= 0.6 is 0 Å². The van der Waals surface area contributed by atoms with Gasteiger partial charge in [0, 0.05) is 5.39 Å². The Labute approximate surface area is 166 Å². The lowest BCUT2D eigenvalue weighted by molar-refractivity contribution is -0.122. The van der Waals surface area contributed by atoms with Gasteiger partial charge in [-0.3, -0.25) is 9.59 Å². The molecule has 4 rings (SSSR count). The number of nitrogens with one attached hydrogen (secondary N) is 1. The minimum Gasteiger partial charge on any atom is -0.348 e. The number of benzene rings is 2. The topological polar surface area (TPSA) is 94.7 Å². The molecular weight excluding hydrogens is 368 g/mol. The predicted octanol–water partition coefficient (Wildman–Crippen LogP) is 2.16. The van der Waals surface area contributed by atoms with Crippen molar-refractivity contribution in [2.24, 2.45) is 0 Å². The first-order valence-electron chi connectivity index (χ1n) is 9.24. The molecule has 1 N–H and O–H groups in total. The summed E-state index contributed by atoms with van der Waals surface area (Å²) in [5.41, 5.74) is 2.26. The Bertz CT molecular complexity index is 1210. The van der Waals surface area contributed by atoms with Crippen LogP contribution in [0.5, 0.6) is 0 Å². The first kappa shape index (κ1) is 18.5. The van der Waals surface area contributed by atoms with E-state index in [9.17, 15) is 9.59 Å². The van der Waals surface area contributed by atoms with Crippen molar-refractivity contribution in [1.82, 2.24) is 29.9 Å². The second kappa shape index (κ2) is 7.67. The summed E-state index contributed by atoms with van der Waals surface area (Å²) in [7, 11) is 0. The van der Waals surface area contributed by atoms with E-state index in [2.05, 4.69) is 20.5 Å². The van der Waals surface area contributed by atoms with Gasteiger partial charge >= 0.3 is 0 Å². The van der Waals surface area contributed by atoms with Crippen LogP contribution < -0.4 is 10.9 Å². The summed E-state index contributed by atoms with van der Waals surface area (Å²) in [6.45, 7) is 3.59. The SMILES string of the molecule is Cc1nn(CC(=O)NC(C)c2ccc(-n3cncn3)cc2)c(=O)c2ccccc12. The van der Waals surface area contributed by atoms with Crippen molar-refractivity contribution in [2.45, 2.75) is 26.4 Å². The molecule has 0 aliphatic heterocycles. The van der Waals surface area contributed by atoms with Crippen molar-refractivity contribution in [1.29, 1.82) is 0 Å². The molecule has 2 heterocycles. The van der Waals surface area contributed by atoms with Crippen molar-refractivity contribution in [3.05, 3.63) is 82.8 Å². The van der Waals surface area contributed by atoms with E-state index in [1.54, 1.807) is 23.1 Å². The lowest BCUT2D eigenvalue weighted by Gasteiger charge is -2.15. The highest BCUT2D eigenvalue weighted by molar-refractivity contribution is 5.83. The van der Waals surface area contributed by atoms with E-state index in [-0.39, 0.29) is 24.1 Å². The molecule has 2 aromatic heterocycles. The Morgan fingerprint density at radius 3 is 2.52 bits per heavy atom. The fourth-order valence-electron chi connectivity index (χ4n) is 3.28. The molecule has 1 unspecified atom stereocenters. The first-order chi connectivity index (χ1) is 14.0. The molecule has 0 saturated carbocycles. The number of aryl methyl sites for hydroxylation is 1. The van der Waals surface area contributed by atoms with Gasteiger partial charge in [0.25, 0.3) is 5.56 Å². The molecule has 29 heavy (non-hydrogen) atoms. The number of aromatic nitrogens is 5. The molecular formula is C21H20N6O2. The zero-order valence-electron chi connectivity index (χ0n) is 16.1. The molecule has 0 aliphatic rings. The molecule has 0 spiro atoms. The Hall–Kier alpha value is -3.81. The smallest absolute Gasteiger partial charge is 0.275 e. The molecule has 2 aromatic carbocycles. The summed E-state index contributed by atoms with van der Waals surface area (Å²) in [4.78, 5) is 29.1. The molecule has 0 saturated heterocycles. The van der Waals surface area contributed by atoms with Gasteiger partial charge in [-0.25, -0.2) is 14.3 Å². The van der Waals surface area contributed by atoms with Crippen LogP contribution in [-0.4, -0.2) is 30.5 Å². The average Bonchev–Trinajstić information content (AvgIpc) is 3.27. The standard InChI is InChI=1S/C21H20N6O2/c1-14(16-7-9-17(10-8-16)27-13-22-12-23-27)24-20(28)11-26-21(29)19-6-4-3-5-18(19)15(2)25-26/h3-10,12-14H,11H2,1-2H3,(H,24,28). The maximum atomic E-state index is 12.6. The molecule has 8 heteroatoms. The highest BCUT2D eigenvalue weighted by atomic mass is 16.2. The molecule has 8 nitrogen and oxygen atoms in total. The lowest BCUT2D eigenvalue weighted by Crippen LogP contribution is -2.35. The van der Waals surface area contributed by atoms with Gasteiger partial charge in [-0.1, -0.05) is 30.3 Å². The Balaban J connectivity index is 1.48. The summed E-state index contributed by atoms with van der Waals surface area (Å²) in [6, 6.07) is 14.7. The van der Waals surface area contributed by atoms with Gasteiger partial charge in [0.15, 0.2) is 0 Å². The van der Waals surface area contributed by atoms with Crippen molar-refractivity contribution >= 4 is 16.7 Å². The number of carbonyl (C=O) groups is 1. The van der Waals surface area contributed by atoms with Gasteiger partial charge in [0.2, 0.25) is 5.91 Å². The van der Waals surface area contributed by atoms with Crippen LogP contribution in [0.2, 0.25) is 0 Å². The van der Waals surface area contributed by atoms with Gasteiger partial charge in [0.1, 0.15) is 19.2 Å². The number of amides is 1. The van der Waals surface area contributed by atoms with Gasteiger partial charge < -0.3 is 5.32 Å². The zero-order valence-corrected chi connectivity index (χ0v) is 16.1. The number of nitrogens with zero attached hydrogens (tertiary/aromatic N) is 5. The number of carbonyl (C=O) groups excluding carboxylic acids is 1. The Morgan fingerprint density at radius 2 is 1.83 bits per heavy atom. The summed E-state index contributed by atoms with van der Waals surface area (Å²) in [6.07, 6.45) is 3.09. The Morgan fingerprint density at radius 1 is 1.10 bits per heavy atom. The summed E-state index contributed by atoms with van der Waals surface area (Å²) < 4.78 is 2.88. The maximum absolute atomic E-state index is 12.6. The lowest BCUT2D eigenvalue weighted by atomic mass is 10.1. The van der Waals surface area contributed by atoms with Crippen LogP contribution in [0.25, 0.3) is 16.5 Å². The Kier molecular flexibility index (Phi) is 4.90. The van der Waals surface area contributed by atoms with Crippen molar-refractivity contribution in [3.8, 4) is 5.69 Å². The van der Waals surface area contributed by atoms with Gasteiger partial charge in [-0.05, 0) is 37.6 Å². The normalized spacial score (nSPS) is 12.1. The van der Waals surface area contributed by atoms with E-state index in [1.807, 2.05) is 50.2 Å². The minimum atomic E-state index is -0.276. The van der Waals surface area contributed by atoms with Crippen LogP contribution in [0.1, 0.15) is 24.2 Å². The summed E-state index contributed by atoms with van der Waals surface area (Å²) >= 11 is 0. The van der Waals surface area contributed by atoms with Crippen molar-refractivity contribution in [2.75, 3.05) is 0 Å². The molecule has 4 aromatic rings. The third kappa shape index (κ3) is 3.77. The highest BCUT2D eigenvalue weighted by Gasteiger charge is 2.14. The number of fused-ring (bicyclic) bond motifs is 1. The molecule has 0 radical (unpaired) electrons. The third-order valence-electron chi connectivity index (χ3n) is 4.80. The molecule has 146 valence electrons. The van der Waals surface area contributed by atoms with E-state index >= 15 is 0 Å².